The normalized spacial score (nSPS) is 16.9. The summed E-state index contributed by atoms with van der Waals surface area (Å²) in [6, 6.07) is -0.930. The van der Waals surface area contributed by atoms with Gasteiger partial charge in [0.05, 0.1) is 42.1 Å². The third-order valence-corrected chi connectivity index (χ3v) is 7.56. The molecule has 46 heavy (non-hydrogen) atoms. The van der Waals surface area contributed by atoms with Gasteiger partial charge in [-0.05, 0) is 25.7 Å². The maximum atomic E-state index is 13.8. The molecule has 0 aliphatic heterocycles. The summed E-state index contributed by atoms with van der Waals surface area (Å²) in [5, 5.41) is 13.1. The minimum absolute atomic E-state index is 0.153. The first-order valence-corrected chi connectivity index (χ1v) is 14.4. The highest BCUT2D eigenvalue weighted by Gasteiger charge is 2.37. The standard InChI is InChI=1S/C27H29ClF5N11O2/c1-42-13-15(9-38-42)20-11-36-21(12-35-20)44(26(45)34-7-8-46-2)17-5-3-16(4-6-17)39-25-37-10-18(27(31,32)33)22(40-25)23-19(28)14-43(41-23)24(29)30/h9-14,16-17,24H,3-8H2,1-2H3,(H,34,45)(H,37,39,40)/t16-,17-. The van der Waals surface area contributed by atoms with Crippen LogP contribution in [0.2, 0.25) is 5.02 Å². The fourth-order valence-electron chi connectivity index (χ4n) is 5.08. The first kappa shape index (κ1) is 32.9. The molecule has 19 heteroatoms. The summed E-state index contributed by atoms with van der Waals surface area (Å²) < 4.78 is 74.4. The molecule has 4 aromatic rings. The van der Waals surface area contributed by atoms with Gasteiger partial charge in [0.2, 0.25) is 5.95 Å². The maximum absolute atomic E-state index is 13.8. The van der Waals surface area contributed by atoms with E-state index in [0.29, 0.717) is 50.0 Å². The second-order valence-corrected chi connectivity index (χ2v) is 10.9. The van der Waals surface area contributed by atoms with E-state index < -0.39 is 34.7 Å². The molecule has 4 aromatic heterocycles. The quantitative estimate of drug-likeness (QED) is 0.173. The van der Waals surface area contributed by atoms with E-state index in [9.17, 15) is 26.7 Å². The average Bonchev–Trinajstić information content (AvgIpc) is 3.63. The number of aromatic nitrogens is 8. The molecule has 0 aromatic carbocycles. The number of carbonyl (C=O) groups excluding carboxylic acids is 1. The van der Waals surface area contributed by atoms with Crippen LogP contribution in [0.1, 0.15) is 37.8 Å². The van der Waals surface area contributed by atoms with E-state index >= 15 is 0 Å². The minimum atomic E-state index is -4.89. The number of hydrogen-bond acceptors (Lipinski definition) is 9. The zero-order valence-electron chi connectivity index (χ0n) is 24.5. The van der Waals surface area contributed by atoms with Crippen molar-refractivity contribution in [3.63, 3.8) is 0 Å². The van der Waals surface area contributed by atoms with E-state index in [1.165, 1.54) is 13.3 Å². The number of methoxy groups -OCH3 is 1. The van der Waals surface area contributed by atoms with Crippen molar-refractivity contribution in [3.05, 3.63) is 47.8 Å². The smallest absolute Gasteiger partial charge is 0.383 e. The lowest BCUT2D eigenvalue weighted by molar-refractivity contribution is -0.137. The zero-order chi connectivity index (χ0) is 33.0. The van der Waals surface area contributed by atoms with E-state index in [0.717, 1.165) is 11.8 Å². The van der Waals surface area contributed by atoms with E-state index in [2.05, 4.69) is 40.8 Å². The van der Waals surface area contributed by atoms with Crippen LogP contribution in [0.25, 0.3) is 22.6 Å². The predicted octanol–water partition coefficient (Wildman–Crippen LogP) is 5.18. The Bertz CT molecular complexity index is 1640. The van der Waals surface area contributed by atoms with Crippen molar-refractivity contribution in [2.24, 2.45) is 7.05 Å². The van der Waals surface area contributed by atoms with Crippen molar-refractivity contribution in [3.8, 4) is 22.6 Å². The zero-order valence-corrected chi connectivity index (χ0v) is 25.3. The van der Waals surface area contributed by atoms with E-state index in [1.54, 1.807) is 35.2 Å². The van der Waals surface area contributed by atoms with Gasteiger partial charge in [-0.15, -0.1) is 0 Å². The lowest BCUT2D eigenvalue weighted by Gasteiger charge is -2.36. The number of ether oxygens (including phenoxy) is 1. The Kier molecular flexibility index (Phi) is 9.95. The highest BCUT2D eigenvalue weighted by atomic mass is 35.5. The van der Waals surface area contributed by atoms with Gasteiger partial charge in [0, 0.05) is 50.7 Å². The summed E-state index contributed by atoms with van der Waals surface area (Å²) in [5.74, 6) is 0.190. The Morgan fingerprint density at radius 2 is 1.85 bits per heavy atom. The number of anilines is 2. The molecule has 0 radical (unpaired) electrons. The summed E-state index contributed by atoms with van der Waals surface area (Å²) in [5.41, 5.74) is -1.19. The summed E-state index contributed by atoms with van der Waals surface area (Å²) in [6.07, 6.45) is 4.91. The minimum Gasteiger partial charge on any atom is -0.383 e. The number of nitrogens with one attached hydrogen (secondary N) is 2. The molecule has 0 bridgehead atoms. The van der Waals surface area contributed by atoms with E-state index in [1.807, 2.05) is 0 Å². The van der Waals surface area contributed by atoms with Crippen LogP contribution in [0.5, 0.6) is 0 Å². The fraction of sp³-hybridized carbons (Fsp3) is 0.444. The highest BCUT2D eigenvalue weighted by Crippen LogP contribution is 2.38. The molecule has 2 N–H and O–H groups in total. The van der Waals surface area contributed by atoms with Crippen LogP contribution in [-0.4, -0.2) is 77.9 Å². The number of amides is 2. The summed E-state index contributed by atoms with van der Waals surface area (Å²) >= 11 is 5.97. The van der Waals surface area contributed by atoms with Crippen LogP contribution in [-0.2, 0) is 18.0 Å². The average molecular weight is 670 g/mol. The van der Waals surface area contributed by atoms with Crippen LogP contribution in [0.15, 0.2) is 37.2 Å². The maximum Gasteiger partial charge on any atom is 0.420 e. The fourth-order valence-corrected chi connectivity index (χ4v) is 5.31. The number of alkyl halides is 5. The van der Waals surface area contributed by atoms with Crippen molar-refractivity contribution in [2.75, 3.05) is 30.5 Å². The van der Waals surface area contributed by atoms with Crippen LogP contribution in [0.3, 0.4) is 0 Å². The largest absolute Gasteiger partial charge is 0.420 e. The number of carbonyl (C=O) groups is 1. The van der Waals surface area contributed by atoms with Gasteiger partial charge in [0.15, 0.2) is 5.82 Å². The van der Waals surface area contributed by atoms with Crippen molar-refractivity contribution in [1.29, 1.82) is 0 Å². The molecular weight excluding hydrogens is 641 g/mol. The Balaban J connectivity index is 1.32. The first-order valence-electron chi connectivity index (χ1n) is 14.1. The number of rotatable bonds is 10. The molecule has 13 nitrogen and oxygen atoms in total. The van der Waals surface area contributed by atoms with Crippen molar-refractivity contribution >= 4 is 29.4 Å². The van der Waals surface area contributed by atoms with Gasteiger partial charge in [-0.2, -0.15) is 32.1 Å². The lowest BCUT2D eigenvalue weighted by atomic mass is 9.90. The molecule has 2 amide bonds. The number of urea groups is 1. The number of hydrogen-bond donors (Lipinski definition) is 2. The Labute approximate surface area is 264 Å². The van der Waals surface area contributed by atoms with Crippen LogP contribution in [0.4, 0.5) is 38.5 Å². The van der Waals surface area contributed by atoms with E-state index in [-0.39, 0.29) is 35.3 Å². The molecular formula is C27H29ClF5N11O2. The molecule has 1 fully saturated rings. The highest BCUT2D eigenvalue weighted by molar-refractivity contribution is 6.33. The Morgan fingerprint density at radius 3 is 2.43 bits per heavy atom. The second-order valence-electron chi connectivity index (χ2n) is 10.4. The van der Waals surface area contributed by atoms with Gasteiger partial charge < -0.3 is 15.4 Å². The van der Waals surface area contributed by atoms with Crippen LogP contribution < -0.4 is 15.5 Å². The summed E-state index contributed by atoms with van der Waals surface area (Å²) in [4.78, 5) is 31.6. The van der Waals surface area contributed by atoms with Gasteiger partial charge in [-0.3, -0.25) is 14.6 Å². The molecule has 1 aliphatic rings. The summed E-state index contributed by atoms with van der Waals surface area (Å²) in [6.45, 7) is -2.52. The molecule has 1 aliphatic carbocycles. The third-order valence-electron chi connectivity index (χ3n) is 7.29. The summed E-state index contributed by atoms with van der Waals surface area (Å²) in [7, 11) is 3.31. The topological polar surface area (TPSA) is 141 Å². The van der Waals surface area contributed by atoms with Crippen molar-refractivity contribution in [2.45, 2.75) is 50.5 Å². The van der Waals surface area contributed by atoms with Gasteiger partial charge >= 0.3 is 18.8 Å². The molecule has 0 spiro atoms. The number of aryl methyl sites for hydroxylation is 1. The van der Waals surface area contributed by atoms with Gasteiger partial charge in [0.25, 0.3) is 0 Å². The van der Waals surface area contributed by atoms with Gasteiger partial charge in [-0.25, -0.2) is 24.4 Å². The van der Waals surface area contributed by atoms with E-state index in [4.69, 9.17) is 16.3 Å². The Hall–Kier alpha value is -4.45. The second kappa shape index (κ2) is 13.9. The van der Waals surface area contributed by atoms with Crippen molar-refractivity contribution < 1.29 is 31.5 Å². The monoisotopic (exact) mass is 669 g/mol. The predicted molar refractivity (Wildman–Crippen MR) is 156 cm³/mol. The van der Waals surface area contributed by atoms with Crippen LogP contribution in [0, 0.1) is 0 Å². The van der Waals surface area contributed by atoms with Crippen LogP contribution >= 0.6 is 11.6 Å². The van der Waals surface area contributed by atoms with Crippen molar-refractivity contribution in [1.82, 2.24) is 44.8 Å². The molecule has 5 rings (SSSR count). The number of nitrogens with zero attached hydrogens (tertiary/aromatic N) is 9. The molecule has 246 valence electrons. The SMILES string of the molecule is COCCNC(=O)N(c1cnc(-c2cnn(C)c2)cn1)[C@H]1CC[C@H](Nc2ncc(C(F)(F)F)c(-c3nn(C(F)F)cc3Cl)n2)CC1. The number of halogens is 6. The first-order chi connectivity index (χ1) is 21.9. The Morgan fingerprint density at radius 1 is 1.09 bits per heavy atom. The molecule has 0 unspecified atom stereocenters. The lowest BCUT2D eigenvalue weighted by Crippen LogP contribution is -2.49. The third kappa shape index (κ3) is 7.50. The van der Waals surface area contributed by atoms with Gasteiger partial charge in [0.1, 0.15) is 17.0 Å². The molecule has 0 atom stereocenters. The van der Waals surface area contributed by atoms with Gasteiger partial charge in [-0.1, -0.05) is 11.6 Å². The molecule has 0 saturated heterocycles. The molecule has 4 heterocycles. The molecule has 1 saturated carbocycles.